The summed E-state index contributed by atoms with van der Waals surface area (Å²) in [6.07, 6.45) is 2.16. The highest BCUT2D eigenvalue weighted by Crippen LogP contribution is 2.27. The molecule has 76 valence electrons. The van der Waals surface area contributed by atoms with E-state index in [1.807, 2.05) is 0 Å². The van der Waals surface area contributed by atoms with Crippen LogP contribution in [0.4, 0.5) is 5.69 Å². The second kappa shape index (κ2) is 3.62. The van der Waals surface area contributed by atoms with E-state index in [4.69, 9.17) is 5.73 Å². The highest BCUT2D eigenvalue weighted by Gasteiger charge is 2.15. The quantitative estimate of drug-likeness (QED) is 0.767. The number of nitrogens with zero attached hydrogens (tertiary/aromatic N) is 1. The van der Waals surface area contributed by atoms with Gasteiger partial charge in [-0.05, 0) is 37.0 Å². The molecule has 0 fully saturated rings. The molecule has 2 nitrogen and oxygen atoms in total. The molecule has 2 heteroatoms. The van der Waals surface area contributed by atoms with Gasteiger partial charge < -0.3 is 10.6 Å². The van der Waals surface area contributed by atoms with E-state index in [0.717, 1.165) is 13.0 Å². The van der Waals surface area contributed by atoms with Crippen LogP contribution in [-0.4, -0.2) is 19.6 Å². The van der Waals surface area contributed by atoms with Crippen molar-refractivity contribution in [2.45, 2.75) is 25.8 Å². The molecule has 1 aliphatic rings. The average Bonchev–Trinajstić information content (AvgIpc) is 2.47. The van der Waals surface area contributed by atoms with Crippen molar-refractivity contribution in [3.05, 3.63) is 29.3 Å². The van der Waals surface area contributed by atoms with Crippen molar-refractivity contribution in [1.29, 1.82) is 0 Å². The molecular formula is C12H18N2. The van der Waals surface area contributed by atoms with E-state index in [1.165, 1.54) is 23.2 Å². The highest BCUT2D eigenvalue weighted by molar-refractivity contribution is 5.58. The smallest absolute Gasteiger partial charge is 0.0399 e. The van der Waals surface area contributed by atoms with Crippen LogP contribution in [0, 0.1) is 0 Å². The molecule has 0 radical (unpaired) electrons. The van der Waals surface area contributed by atoms with Crippen molar-refractivity contribution in [2.75, 3.05) is 18.5 Å². The minimum atomic E-state index is 0.250. The van der Waals surface area contributed by atoms with Crippen LogP contribution in [0.1, 0.15) is 18.1 Å². The molecular weight excluding hydrogens is 172 g/mol. The van der Waals surface area contributed by atoms with Crippen LogP contribution in [-0.2, 0) is 12.8 Å². The van der Waals surface area contributed by atoms with Crippen molar-refractivity contribution in [1.82, 2.24) is 0 Å². The predicted octanol–water partition coefficient (Wildman–Crippen LogP) is 1.57. The van der Waals surface area contributed by atoms with Crippen molar-refractivity contribution >= 4 is 5.69 Å². The van der Waals surface area contributed by atoms with Crippen LogP contribution < -0.4 is 10.6 Å². The Morgan fingerprint density at radius 1 is 1.50 bits per heavy atom. The van der Waals surface area contributed by atoms with Gasteiger partial charge in [0.2, 0.25) is 0 Å². The van der Waals surface area contributed by atoms with Crippen molar-refractivity contribution in [3.63, 3.8) is 0 Å². The first kappa shape index (κ1) is 9.53. The first-order valence-electron chi connectivity index (χ1n) is 5.25. The summed E-state index contributed by atoms with van der Waals surface area (Å²) in [7, 11) is 2.15. The predicted molar refractivity (Wildman–Crippen MR) is 60.8 cm³/mol. The van der Waals surface area contributed by atoms with Crippen LogP contribution >= 0.6 is 0 Å². The van der Waals surface area contributed by atoms with Crippen LogP contribution in [0.5, 0.6) is 0 Å². The monoisotopic (exact) mass is 190 g/mol. The molecule has 0 saturated carbocycles. The molecule has 1 heterocycles. The molecule has 14 heavy (non-hydrogen) atoms. The zero-order valence-electron chi connectivity index (χ0n) is 8.96. The standard InChI is InChI=1S/C12H18N2/c1-9(13)7-10-3-4-11-5-6-14(2)12(11)8-10/h3-4,8-9H,5-7,13H2,1-2H3. The Morgan fingerprint density at radius 2 is 2.29 bits per heavy atom. The Bertz CT molecular complexity index is 331. The minimum absolute atomic E-state index is 0.250. The van der Waals surface area contributed by atoms with E-state index in [2.05, 4.69) is 37.1 Å². The molecule has 2 rings (SSSR count). The summed E-state index contributed by atoms with van der Waals surface area (Å²) in [4.78, 5) is 2.32. The Labute approximate surface area is 85.7 Å². The maximum absolute atomic E-state index is 5.79. The van der Waals surface area contributed by atoms with Gasteiger partial charge in [-0.25, -0.2) is 0 Å². The molecule has 0 aromatic heterocycles. The van der Waals surface area contributed by atoms with Crippen molar-refractivity contribution < 1.29 is 0 Å². The summed E-state index contributed by atoms with van der Waals surface area (Å²) < 4.78 is 0. The largest absolute Gasteiger partial charge is 0.374 e. The molecule has 2 N–H and O–H groups in total. The summed E-state index contributed by atoms with van der Waals surface area (Å²) in [5.41, 5.74) is 10.0. The summed E-state index contributed by atoms with van der Waals surface area (Å²) in [5.74, 6) is 0. The third-order valence-electron chi connectivity index (χ3n) is 2.84. The van der Waals surface area contributed by atoms with Gasteiger partial charge in [-0.3, -0.25) is 0 Å². The van der Waals surface area contributed by atoms with Gasteiger partial charge in [-0.2, -0.15) is 0 Å². The molecule has 0 saturated heterocycles. The minimum Gasteiger partial charge on any atom is -0.374 e. The van der Waals surface area contributed by atoms with Crippen LogP contribution in [0.2, 0.25) is 0 Å². The van der Waals surface area contributed by atoms with Gasteiger partial charge >= 0.3 is 0 Å². The highest BCUT2D eigenvalue weighted by atomic mass is 15.1. The van der Waals surface area contributed by atoms with Crippen LogP contribution in [0.3, 0.4) is 0 Å². The molecule has 1 aliphatic heterocycles. The molecule has 0 bridgehead atoms. The topological polar surface area (TPSA) is 29.3 Å². The molecule has 0 amide bonds. The first-order valence-corrected chi connectivity index (χ1v) is 5.25. The van der Waals surface area contributed by atoms with E-state index in [9.17, 15) is 0 Å². The molecule has 1 aromatic carbocycles. The number of nitrogens with two attached hydrogens (primary N) is 1. The summed E-state index contributed by atoms with van der Waals surface area (Å²) in [5, 5.41) is 0. The summed E-state index contributed by atoms with van der Waals surface area (Å²) in [6.45, 7) is 3.20. The van der Waals surface area contributed by atoms with Gasteiger partial charge in [0.25, 0.3) is 0 Å². The lowest BCUT2D eigenvalue weighted by Gasteiger charge is -2.13. The number of likely N-dealkylation sites (N-methyl/N-ethyl adjacent to an activating group) is 1. The Hall–Kier alpha value is -1.02. The number of benzene rings is 1. The van der Waals surface area contributed by atoms with E-state index in [1.54, 1.807) is 0 Å². The SMILES string of the molecule is CC(N)Cc1ccc2c(c1)N(C)CC2. The van der Waals surface area contributed by atoms with E-state index in [-0.39, 0.29) is 6.04 Å². The van der Waals surface area contributed by atoms with Gasteiger partial charge in [-0.15, -0.1) is 0 Å². The molecule has 1 atom stereocenters. The van der Waals surface area contributed by atoms with E-state index in [0.29, 0.717) is 0 Å². The van der Waals surface area contributed by atoms with Gasteiger partial charge in [0.05, 0.1) is 0 Å². The maximum Gasteiger partial charge on any atom is 0.0399 e. The fraction of sp³-hybridized carbons (Fsp3) is 0.500. The lowest BCUT2D eigenvalue weighted by atomic mass is 10.0. The lowest BCUT2D eigenvalue weighted by Crippen LogP contribution is -2.18. The van der Waals surface area contributed by atoms with Crippen LogP contribution in [0.15, 0.2) is 18.2 Å². The second-order valence-electron chi connectivity index (χ2n) is 4.32. The van der Waals surface area contributed by atoms with Gasteiger partial charge in [0.15, 0.2) is 0 Å². The zero-order chi connectivity index (χ0) is 10.1. The van der Waals surface area contributed by atoms with Gasteiger partial charge in [0, 0.05) is 25.3 Å². The Morgan fingerprint density at radius 3 is 3.00 bits per heavy atom. The number of anilines is 1. The molecule has 0 aliphatic carbocycles. The lowest BCUT2D eigenvalue weighted by molar-refractivity contribution is 0.738. The number of hydrogen-bond acceptors (Lipinski definition) is 2. The first-order chi connectivity index (χ1) is 6.66. The van der Waals surface area contributed by atoms with Crippen molar-refractivity contribution in [2.24, 2.45) is 5.73 Å². The molecule has 0 spiro atoms. The summed E-state index contributed by atoms with van der Waals surface area (Å²) >= 11 is 0. The number of fused-ring (bicyclic) bond motifs is 1. The van der Waals surface area contributed by atoms with Crippen molar-refractivity contribution in [3.8, 4) is 0 Å². The van der Waals surface area contributed by atoms with E-state index < -0.39 is 0 Å². The Kier molecular flexibility index (Phi) is 2.46. The third kappa shape index (κ3) is 1.75. The van der Waals surface area contributed by atoms with Gasteiger partial charge in [0.1, 0.15) is 0 Å². The fourth-order valence-corrected chi connectivity index (χ4v) is 2.08. The van der Waals surface area contributed by atoms with Crippen LogP contribution in [0.25, 0.3) is 0 Å². The normalized spacial score (nSPS) is 16.9. The fourth-order valence-electron chi connectivity index (χ4n) is 2.08. The maximum atomic E-state index is 5.79. The number of rotatable bonds is 2. The van der Waals surface area contributed by atoms with Gasteiger partial charge in [-0.1, -0.05) is 12.1 Å². The molecule has 1 unspecified atom stereocenters. The second-order valence-corrected chi connectivity index (χ2v) is 4.32. The summed E-state index contributed by atoms with van der Waals surface area (Å²) in [6, 6.07) is 6.99. The average molecular weight is 190 g/mol. The zero-order valence-corrected chi connectivity index (χ0v) is 8.96. The number of hydrogen-bond donors (Lipinski definition) is 1. The molecule has 1 aromatic rings. The third-order valence-corrected chi connectivity index (χ3v) is 2.84. The Balaban J connectivity index is 2.26. The van der Waals surface area contributed by atoms with E-state index >= 15 is 0 Å².